The van der Waals surface area contributed by atoms with E-state index in [1.807, 2.05) is 5.09 Å². The lowest BCUT2D eigenvalue weighted by molar-refractivity contribution is -0.126. The van der Waals surface area contributed by atoms with E-state index in [2.05, 4.69) is 14.5 Å². The molecule has 1 atom stereocenters. The van der Waals surface area contributed by atoms with Crippen LogP contribution in [0.15, 0.2) is 0 Å². The Hall–Kier alpha value is -0.430. The number of nitrogens with two attached hydrogens (primary N) is 1. The molecule has 1 unspecified atom stereocenters. The number of phosphoric acid groups is 1. The maximum atomic E-state index is 11.1. The zero-order valence-corrected chi connectivity index (χ0v) is 13.9. The van der Waals surface area contributed by atoms with Gasteiger partial charge in [0.05, 0.1) is 26.4 Å². The summed E-state index contributed by atoms with van der Waals surface area (Å²) in [5, 5.41) is 4.39. The Morgan fingerprint density at radius 1 is 1.00 bits per heavy atom. The quantitative estimate of drug-likeness (QED) is 0.108. The minimum atomic E-state index is -5.06. The molecule has 0 aromatic rings. The molecule has 0 spiro atoms. The molecule has 0 heterocycles. The third-order valence-corrected chi connectivity index (χ3v) is 4.29. The van der Waals surface area contributed by atoms with Crippen molar-refractivity contribution in [2.24, 2.45) is 5.90 Å². The van der Waals surface area contributed by atoms with E-state index in [1.165, 1.54) is 0 Å². The maximum absolute atomic E-state index is 11.1. The van der Waals surface area contributed by atoms with Crippen molar-refractivity contribution >= 4 is 21.5 Å². The van der Waals surface area contributed by atoms with Crippen LogP contribution < -0.4 is 16.3 Å². The second-order valence-corrected chi connectivity index (χ2v) is 6.88. The van der Waals surface area contributed by atoms with E-state index in [9.17, 15) is 13.9 Å². The molecule has 23 heavy (non-hydrogen) atoms. The predicted octanol–water partition coefficient (Wildman–Crippen LogP) is -2.17. The largest absolute Gasteiger partial charge is 0.477 e. The summed E-state index contributed by atoms with van der Waals surface area (Å²) >= 11 is 0. The van der Waals surface area contributed by atoms with Crippen LogP contribution in [0.2, 0.25) is 0 Å². The SMILES string of the molecule is NOCC(=O)NCCOCCOCCNP(=O)(O)OP(=O)(O)O. The van der Waals surface area contributed by atoms with E-state index in [4.69, 9.17) is 30.1 Å². The summed E-state index contributed by atoms with van der Waals surface area (Å²) in [6.07, 6.45) is 0. The van der Waals surface area contributed by atoms with Crippen molar-refractivity contribution in [1.29, 1.82) is 0 Å². The predicted molar refractivity (Wildman–Crippen MR) is 75.7 cm³/mol. The first-order valence-electron chi connectivity index (χ1n) is 6.25. The van der Waals surface area contributed by atoms with E-state index in [0.29, 0.717) is 0 Å². The van der Waals surface area contributed by atoms with Crippen molar-refractivity contribution in [3.8, 4) is 0 Å². The zero-order valence-electron chi connectivity index (χ0n) is 12.1. The minimum absolute atomic E-state index is 0.0109. The monoisotopic (exact) mass is 381 g/mol. The number of hydrogen-bond donors (Lipinski definition) is 6. The van der Waals surface area contributed by atoms with Gasteiger partial charge in [0.2, 0.25) is 5.91 Å². The molecule has 0 aromatic carbocycles. The Labute approximate surface area is 132 Å². The molecule has 13 nitrogen and oxygen atoms in total. The fourth-order valence-corrected chi connectivity index (χ4v) is 2.90. The van der Waals surface area contributed by atoms with E-state index >= 15 is 0 Å². The van der Waals surface area contributed by atoms with Gasteiger partial charge in [-0.1, -0.05) is 0 Å². The highest BCUT2D eigenvalue weighted by Crippen LogP contribution is 2.53. The lowest BCUT2D eigenvalue weighted by atomic mass is 10.6. The maximum Gasteiger partial charge on any atom is 0.477 e. The van der Waals surface area contributed by atoms with Crippen LogP contribution in [-0.4, -0.2) is 66.7 Å². The van der Waals surface area contributed by atoms with Gasteiger partial charge in [0, 0.05) is 13.1 Å². The molecule has 138 valence electrons. The molecule has 0 aliphatic rings. The molecule has 0 radical (unpaired) electrons. The first kappa shape index (κ1) is 22.6. The molecule has 0 saturated heterocycles. The van der Waals surface area contributed by atoms with Gasteiger partial charge in [0.25, 0.3) is 0 Å². The average Bonchev–Trinajstić information content (AvgIpc) is 2.38. The highest BCUT2D eigenvalue weighted by molar-refractivity contribution is 7.62. The van der Waals surface area contributed by atoms with Gasteiger partial charge >= 0.3 is 15.6 Å². The Morgan fingerprint density at radius 2 is 1.57 bits per heavy atom. The summed E-state index contributed by atoms with van der Waals surface area (Å²) in [6.45, 7) is 0.509. The van der Waals surface area contributed by atoms with Crippen LogP contribution in [0.5, 0.6) is 0 Å². The first-order valence-corrected chi connectivity index (χ1v) is 9.36. The molecule has 0 saturated carbocycles. The van der Waals surface area contributed by atoms with Crippen molar-refractivity contribution in [2.75, 3.05) is 46.1 Å². The molecule has 0 fully saturated rings. The Bertz CT molecular complexity index is 430. The van der Waals surface area contributed by atoms with Crippen LogP contribution in [0.25, 0.3) is 0 Å². The van der Waals surface area contributed by atoms with Crippen LogP contribution in [0.3, 0.4) is 0 Å². The lowest BCUT2D eigenvalue weighted by Crippen LogP contribution is -2.31. The minimum Gasteiger partial charge on any atom is -0.378 e. The lowest BCUT2D eigenvalue weighted by Gasteiger charge is -2.13. The third-order valence-electron chi connectivity index (χ3n) is 1.93. The molecular formula is C8H21N3O10P2. The van der Waals surface area contributed by atoms with E-state index in [-0.39, 0.29) is 52.0 Å². The van der Waals surface area contributed by atoms with Crippen molar-refractivity contribution in [3.05, 3.63) is 0 Å². The molecule has 7 N–H and O–H groups in total. The fraction of sp³-hybridized carbons (Fsp3) is 0.875. The van der Waals surface area contributed by atoms with Crippen molar-refractivity contribution in [1.82, 2.24) is 10.4 Å². The van der Waals surface area contributed by atoms with Crippen LogP contribution in [0.4, 0.5) is 0 Å². The van der Waals surface area contributed by atoms with Crippen molar-refractivity contribution in [2.45, 2.75) is 0 Å². The van der Waals surface area contributed by atoms with Gasteiger partial charge in [0.15, 0.2) is 0 Å². The highest BCUT2D eigenvalue weighted by Gasteiger charge is 2.29. The summed E-state index contributed by atoms with van der Waals surface area (Å²) in [5.74, 6) is 4.33. The number of carbonyl (C=O) groups is 1. The van der Waals surface area contributed by atoms with Gasteiger partial charge in [-0.05, 0) is 0 Å². The molecule has 0 aliphatic carbocycles. The van der Waals surface area contributed by atoms with Gasteiger partial charge in [-0.25, -0.2) is 20.1 Å². The van der Waals surface area contributed by atoms with E-state index in [1.54, 1.807) is 0 Å². The fourth-order valence-electron chi connectivity index (χ4n) is 1.14. The molecule has 0 aromatic heterocycles. The van der Waals surface area contributed by atoms with Gasteiger partial charge in [-0.2, -0.15) is 4.31 Å². The van der Waals surface area contributed by atoms with Gasteiger partial charge < -0.3 is 29.5 Å². The first-order chi connectivity index (χ1) is 10.7. The number of hydrogen-bond acceptors (Lipinski definition) is 8. The molecule has 1 amide bonds. The number of rotatable bonds is 14. The Morgan fingerprint density at radius 3 is 2.09 bits per heavy atom. The van der Waals surface area contributed by atoms with Gasteiger partial charge in [-0.15, -0.1) is 0 Å². The summed E-state index contributed by atoms with van der Waals surface area (Å²) in [6, 6.07) is 0. The van der Waals surface area contributed by atoms with Crippen molar-refractivity contribution < 1.29 is 47.2 Å². The summed E-state index contributed by atoms with van der Waals surface area (Å²) in [7, 11) is -9.64. The summed E-state index contributed by atoms with van der Waals surface area (Å²) in [5.41, 5.74) is 0. The summed E-state index contributed by atoms with van der Waals surface area (Å²) < 4.78 is 35.3. The van der Waals surface area contributed by atoms with E-state index < -0.39 is 15.6 Å². The molecule has 15 heteroatoms. The number of ether oxygens (including phenoxy) is 2. The highest BCUT2D eigenvalue weighted by atomic mass is 31.3. The van der Waals surface area contributed by atoms with Gasteiger partial charge in [0.1, 0.15) is 6.61 Å². The van der Waals surface area contributed by atoms with Gasteiger partial charge in [-0.3, -0.25) is 9.63 Å². The van der Waals surface area contributed by atoms with Crippen LogP contribution >= 0.6 is 15.6 Å². The normalized spacial score (nSPS) is 14.4. The van der Waals surface area contributed by atoms with Crippen LogP contribution in [0.1, 0.15) is 0 Å². The standard InChI is InChI=1S/C8H21N3O10P2/c9-20-7-8(12)10-1-3-18-5-6-19-4-2-11-22(13,14)21-23(15,16)17/h1-7,9H2,(H,10,12)(H2,11,13,14)(H2,15,16,17). The Balaban J connectivity index is 3.45. The second kappa shape index (κ2) is 12.0. The smallest absolute Gasteiger partial charge is 0.378 e. The molecule has 0 rings (SSSR count). The number of nitrogens with one attached hydrogen (secondary N) is 2. The third kappa shape index (κ3) is 16.2. The zero-order chi connectivity index (χ0) is 17.8. The topological polar surface area (TPSA) is 199 Å². The average molecular weight is 381 g/mol. The van der Waals surface area contributed by atoms with Crippen LogP contribution in [0, 0.1) is 0 Å². The summed E-state index contributed by atoms with van der Waals surface area (Å²) in [4.78, 5) is 40.8. The molecular weight excluding hydrogens is 360 g/mol. The van der Waals surface area contributed by atoms with Crippen molar-refractivity contribution in [3.63, 3.8) is 0 Å². The molecule has 0 aliphatic heterocycles. The Kier molecular flexibility index (Phi) is 11.8. The van der Waals surface area contributed by atoms with Crippen LogP contribution in [-0.2, 0) is 32.5 Å². The number of amides is 1. The number of carbonyl (C=O) groups excluding carboxylic acids is 1. The second-order valence-electron chi connectivity index (χ2n) is 3.89. The molecule has 0 bridgehead atoms. The van der Waals surface area contributed by atoms with E-state index in [0.717, 1.165) is 0 Å².